The Morgan fingerprint density at radius 1 is 1.60 bits per heavy atom. The topological polar surface area (TPSA) is 78.9 Å². The zero-order valence-electron chi connectivity index (χ0n) is 8.92. The van der Waals surface area contributed by atoms with Gasteiger partial charge < -0.3 is 11.1 Å². The van der Waals surface area contributed by atoms with E-state index in [0.717, 1.165) is 0 Å². The Labute approximate surface area is 92.7 Å². The molecule has 0 atom stereocenters. The van der Waals surface area contributed by atoms with E-state index in [2.05, 4.69) is 5.32 Å². The fourth-order valence-electron chi connectivity index (χ4n) is 1.18. The largest absolute Gasteiger partial charge is 0.396 e. The quantitative estimate of drug-likeness (QED) is 0.770. The van der Waals surface area contributed by atoms with Gasteiger partial charge in [-0.25, -0.2) is 0 Å². The van der Waals surface area contributed by atoms with Crippen LogP contribution in [0.2, 0.25) is 0 Å². The van der Waals surface area contributed by atoms with Crippen LogP contribution in [0, 0.1) is 11.3 Å². The summed E-state index contributed by atoms with van der Waals surface area (Å²) in [6.45, 7) is 5.37. The van der Waals surface area contributed by atoms with Crippen LogP contribution in [0.15, 0.2) is 0 Å². The maximum atomic E-state index is 11.2. The number of hydrogen-bond donors (Lipinski definition) is 2. The first-order chi connectivity index (χ1) is 6.97. The van der Waals surface area contributed by atoms with Crippen molar-refractivity contribution in [2.75, 3.05) is 11.1 Å². The number of hydrogen-bond acceptors (Lipinski definition) is 5. The molecule has 3 N–H and O–H groups in total. The van der Waals surface area contributed by atoms with Crippen LogP contribution in [0.5, 0.6) is 0 Å². The van der Waals surface area contributed by atoms with Crippen molar-refractivity contribution in [2.24, 2.45) is 0 Å². The van der Waals surface area contributed by atoms with E-state index in [1.54, 1.807) is 0 Å². The number of ketones is 1. The van der Waals surface area contributed by atoms with Crippen molar-refractivity contribution in [1.82, 2.24) is 0 Å². The van der Waals surface area contributed by atoms with Gasteiger partial charge in [0.2, 0.25) is 0 Å². The van der Waals surface area contributed by atoms with Crippen molar-refractivity contribution in [1.29, 1.82) is 5.26 Å². The van der Waals surface area contributed by atoms with E-state index in [1.807, 2.05) is 19.9 Å². The van der Waals surface area contributed by atoms with Gasteiger partial charge >= 0.3 is 0 Å². The molecule has 1 aromatic heterocycles. The van der Waals surface area contributed by atoms with Crippen molar-refractivity contribution in [3.8, 4) is 6.07 Å². The lowest BCUT2D eigenvalue weighted by Crippen LogP contribution is -2.09. The van der Waals surface area contributed by atoms with Gasteiger partial charge in [-0.1, -0.05) is 0 Å². The van der Waals surface area contributed by atoms with Gasteiger partial charge in [-0.2, -0.15) is 5.26 Å². The lowest BCUT2D eigenvalue weighted by atomic mass is 10.2. The summed E-state index contributed by atoms with van der Waals surface area (Å²) in [4.78, 5) is 11.7. The van der Waals surface area contributed by atoms with Crippen molar-refractivity contribution >= 4 is 27.8 Å². The first kappa shape index (κ1) is 11.5. The van der Waals surface area contributed by atoms with E-state index in [4.69, 9.17) is 11.0 Å². The smallest absolute Gasteiger partial charge is 0.171 e. The molecule has 1 heterocycles. The second-order valence-electron chi connectivity index (χ2n) is 3.52. The molecule has 4 nitrogen and oxygen atoms in total. The Morgan fingerprint density at radius 3 is 2.60 bits per heavy atom. The number of nitrogens with zero attached hydrogens (tertiary/aromatic N) is 1. The second kappa shape index (κ2) is 4.32. The molecule has 0 amide bonds. The van der Waals surface area contributed by atoms with Crippen LogP contribution in [0.3, 0.4) is 0 Å². The molecule has 0 saturated carbocycles. The van der Waals surface area contributed by atoms with Crippen LogP contribution < -0.4 is 11.1 Å². The molecular formula is C10H13N3OS. The molecule has 0 spiro atoms. The lowest BCUT2D eigenvalue weighted by molar-refractivity contribution is 0.102. The van der Waals surface area contributed by atoms with Crippen molar-refractivity contribution < 1.29 is 4.79 Å². The molecule has 1 rings (SSSR count). The predicted octanol–water partition coefficient (Wildman–Crippen LogP) is 2.22. The number of Topliss-reactive ketones (excluding diaryl/α,β-unsaturated/α-hetero) is 1. The minimum Gasteiger partial charge on any atom is -0.396 e. The fraction of sp³-hybridized carbons (Fsp3) is 0.400. The molecule has 80 valence electrons. The molecular weight excluding hydrogens is 210 g/mol. The molecule has 0 radical (unpaired) electrons. The molecule has 1 aromatic rings. The number of nitrogens with two attached hydrogens (primary N) is 1. The molecule has 0 aromatic carbocycles. The number of anilines is 2. The number of thiophene rings is 1. The number of nitriles is 1. The SMILES string of the molecule is CC(=O)c1sc(NC(C)C)c(C#N)c1N. The maximum Gasteiger partial charge on any atom is 0.171 e. The Bertz CT molecular complexity index is 429. The van der Waals surface area contributed by atoms with Crippen LogP contribution >= 0.6 is 11.3 Å². The van der Waals surface area contributed by atoms with E-state index >= 15 is 0 Å². The minimum atomic E-state index is -0.106. The Hall–Kier alpha value is -1.54. The molecule has 0 aliphatic rings. The number of nitrogen functional groups attached to an aromatic ring is 1. The zero-order chi connectivity index (χ0) is 11.6. The summed E-state index contributed by atoms with van der Waals surface area (Å²) in [6, 6.07) is 2.22. The fourth-order valence-corrected chi connectivity index (χ4v) is 2.29. The molecule has 5 heteroatoms. The third-order valence-electron chi connectivity index (χ3n) is 1.80. The highest BCUT2D eigenvalue weighted by Gasteiger charge is 2.18. The monoisotopic (exact) mass is 223 g/mol. The van der Waals surface area contributed by atoms with Crippen LogP contribution in [0.25, 0.3) is 0 Å². The van der Waals surface area contributed by atoms with Crippen LogP contribution in [0.4, 0.5) is 10.7 Å². The normalized spacial score (nSPS) is 10.1. The summed E-state index contributed by atoms with van der Waals surface area (Å²) in [5, 5.41) is 12.7. The molecule has 0 bridgehead atoms. The molecule has 0 aliphatic heterocycles. The van der Waals surface area contributed by atoms with Gasteiger partial charge in [0, 0.05) is 13.0 Å². The number of carbonyl (C=O) groups is 1. The summed E-state index contributed by atoms with van der Waals surface area (Å²) in [6.07, 6.45) is 0. The van der Waals surface area contributed by atoms with Crippen LogP contribution in [-0.4, -0.2) is 11.8 Å². The highest BCUT2D eigenvalue weighted by Crippen LogP contribution is 2.35. The summed E-state index contributed by atoms with van der Waals surface area (Å²) in [7, 11) is 0. The van der Waals surface area contributed by atoms with Gasteiger partial charge in [0.05, 0.1) is 10.6 Å². The Kier molecular flexibility index (Phi) is 3.32. The van der Waals surface area contributed by atoms with E-state index in [0.29, 0.717) is 15.4 Å². The van der Waals surface area contributed by atoms with Crippen molar-refractivity contribution in [3.05, 3.63) is 10.4 Å². The highest BCUT2D eigenvalue weighted by atomic mass is 32.1. The standard InChI is InChI=1S/C10H13N3OS/c1-5(2)13-10-7(4-11)8(12)9(15-10)6(3)14/h5,13H,12H2,1-3H3. The van der Waals surface area contributed by atoms with Gasteiger partial charge in [0.25, 0.3) is 0 Å². The summed E-state index contributed by atoms with van der Waals surface area (Å²) < 4.78 is 0. The van der Waals surface area contributed by atoms with E-state index in [9.17, 15) is 4.79 Å². The Balaban J connectivity index is 3.23. The lowest BCUT2D eigenvalue weighted by Gasteiger charge is -2.06. The van der Waals surface area contributed by atoms with Crippen LogP contribution in [-0.2, 0) is 0 Å². The van der Waals surface area contributed by atoms with E-state index in [1.165, 1.54) is 18.3 Å². The van der Waals surface area contributed by atoms with Gasteiger partial charge in [0.15, 0.2) is 5.78 Å². The predicted molar refractivity (Wildman–Crippen MR) is 62.2 cm³/mol. The summed E-state index contributed by atoms with van der Waals surface area (Å²) >= 11 is 1.24. The van der Waals surface area contributed by atoms with Gasteiger partial charge in [-0.05, 0) is 13.8 Å². The van der Waals surface area contributed by atoms with Crippen LogP contribution in [0.1, 0.15) is 36.0 Å². The van der Waals surface area contributed by atoms with E-state index < -0.39 is 0 Å². The average molecular weight is 223 g/mol. The summed E-state index contributed by atoms with van der Waals surface area (Å²) in [5.41, 5.74) is 6.38. The first-order valence-electron chi connectivity index (χ1n) is 4.57. The first-order valence-corrected chi connectivity index (χ1v) is 5.38. The highest BCUT2D eigenvalue weighted by molar-refractivity contribution is 7.19. The average Bonchev–Trinajstić information content (AvgIpc) is 2.41. The van der Waals surface area contributed by atoms with Crippen molar-refractivity contribution in [3.63, 3.8) is 0 Å². The van der Waals surface area contributed by atoms with Gasteiger partial charge in [-0.15, -0.1) is 11.3 Å². The molecule has 15 heavy (non-hydrogen) atoms. The number of carbonyl (C=O) groups excluding carboxylic acids is 1. The summed E-state index contributed by atoms with van der Waals surface area (Å²) in [5.74, 6) is -0.106. The van der Waals surface area contributed by atoms with Gasteiger partial charge in [-0.3, -0.25) is 4.79 Å². The molecule has 0 saturated heterocycles. The van der Waals surface area contributed by atoms with Crippen molar-refractivity contribution in [2.45, 2.75) is 26.8 Å². The minimum absolute atomic E-state index is 0.106. The molecule has 0 unspecified atom stereocenters. The second-order valence-corrected chi connectivity index (χ2v) is 4.54. The third-order valence-corrected chi connectivity index (χ3v) is 3.03. The third kappa shape index (κ3) is 2.28. The zero-order valence-corrected chi connectivity index (χ0v) is 9.73. The number of nitrogens with one attached hydrogen (secondary N) is 1. The van der Waals surface area contributed by atoms with Gasteiger partial charge in [0.1, 0.15) is 16.6 Å². The maximum absolute atomic E-state index is 11.2. The molecule has 0 fully saturated rings. The Morgan fingerprint density at radius 2 is 2.20 bits per heavy atom. The van der Waals surface area contributed by atoms with E-state index in [-0.39, 0.29) is 17.5 Å². The number of rotatable bonds is 3. The molecule has 0 aliphatic carbocycles.